The predicted molar refractivity (Wildman–Crippen MR) is 98.0 cm³/mol. The first kappa shape index (κ1) is 20.6. The molecule has 1 amide bonds. The molecule has 2 heterocycles. The van der Waals surface area contributed by atoms with E-state index in [0.717, 1.165) is 19.2 Å². The standard InChI is InChI=1S/C19H18F3N3O4/c1-28-18(27)13-8-14(19(20,21)22)10-15(9-13)24-17(26)12-2-3-16(23-11-12)25-4-6-29-7-5-25/h2-3,8-11H,4-7H2,1H3,(H,24,26). The Morgan fingerprint density at radius 2 is 1.86 bits per heavy atom. The minimum Gasteiger partial charge on any atom is -0.465 e. The zero-order valence-corrected chi connectivity index (χ0v) is 15.5. The van der Waals surface area contributed by atoms with E-state index < -0.39 is 23.6 Å². The molecular formula is C19H18F3N3O4. The Balaban J connectivity index is 1.79. The Morgan fingerprint density at radius 1 is 1.14 bits per heavy atom. The monoisotopic (exact) mass is 409 g/mol. The summed E-state index contributed by atoms with van der Waals surface area (Å²) in [6.45, 7) is 2.53. The van der Waals surface area contributed by atoms with E-state index in [9.17, 15) is 22.8 Å². The number of carbonyl (C=O) groups is 2. The second-order valence-electron chi connectivity index (χ2n) is 6.25. The average Bonchev–Trinajstić information content (AvgIpc) is 2.73. The summed E-state index contributed by atoms with van der Waals surface area (Å²) in [5, 5.41) is 2.37. The fourth-order valence-electron chi connectivity index (χ4n) is 2.80. The lowest BCUT2D eigenvalue weighted by Crippen LogP contribution is -2.36. The van der Waals surface area contributed by atoms with Crippen LogP contribution in [0.25, 0.3) is 0 Å². The molecule has 0 aliphatic carbocycles. The third kappa shape index (κ3) is 5.02. The number of morpholine rings is 1. The Morgan fingerprint density at radius 3 is 2.45 bits per heavy atom. The summed E-state index contributed by atoms with van der Waals surface area (Å²) >= 11 is 0. The first-order valence-corrected chi connectivity index (χ1v) is 8.68. The average molecular weight is 409 g/mol. The summed E-state index contributed by atoms with van der Waals surface area (Å²) in [5.74, 6) is -0.916. The van der Waals surface area contributed by atoms with Gasteiger partial charge in [0.05, 0.1) is 37.0 Å². The van der Waals surface area contributed by atoms with Crippen LogP contribution in [0, 0.1) is 0 Å². The van der Waals surface area contributed by atoms with Crippen LogP contribution in [0.1, 0.15) is 26.3 Å². The number of rotatable bonds is 4. The van der Waals surface area contributed by atoms with Crippen LogP contribution in [-0.4, -0.2) is 50.3 Å². The van der Waals surface area contributed by atoms with Gasteiger partial charge in [-0.1, -0.05) is 0 Å². The summed E-state index contributed by atoms with van der Waals surface area (Å²) in [5.41, 5.74) is -1.41. The molecule has 0 bridgehead atoms. The number of halogens is 3. The molecule has 0 unspecified atom stereocenters. The van der Waals surface area contributed by atoms with Gasteiger partial charge in [-0.05, 0) is 30.3 Å². The van der Waals surface area contributed by atoms with Gasteiger partial charge in [-0.2, -0.15) is 13.2 Å². The quantitative estimate of drug-likeness (QED) is 0.782. The van der Waals surface area contributed by atoms with Crippen LogP contribution < -0.4 is 10.2 Å². The SMILES string of the molecule is COC(=O)c1cc(NC(=O)c2ccc(N3CCOCC3)nc2)cc(C(F)(F)F)c1. The molecule has 0 saturated carbocycles. The van der Waals surface area contributed by atoms with Gasteiger partial charge in [0.15, 0.2) is 0 Å². The van der Waals surface area contributed by atoms with E-state index in [0.29, 0.717) is 38.2 Å². The first-order valence-electron chi connectivity index (χ1n) is 8.68. The molecule has 1 aliphatic rings. The van der Waals surface area contributed by atoms with E-state index in [1.807, 2.05) is 4.90 Å². The highest BCUT2D eigenvalue weighted by atomic mass is 19.4. The molecule has 154 valence electrons. The summed E-state index contributed by atoms with van der Waals surface area (Å²) in [4.78, 5) is 30.3. The van der Waals surface area contributed by atoms with Crippen molar-refractivity contribution in [3.05, 3.63) is 53.2 Å². The van der Waals surface area contributed by atoms with Gasteiger partial charge in [0.25, 0.3) is 5.91 Å². The molecule has 1 aromatic heterocycles. The number of pyridine rings is 1. The molecule has 2 aromatic rings. The van der Waals surface area contributed by atoms with Crippen molar-refractivity contribution in [2.75, 3.05) is 43.6 Å². The number of anilines is 2. The molecule has 0 radical (unpaired) electrons. The second-order valence-corrected chi connectivity index (χ2v) is 6.25. The molecule has 10 heteroatoms. The molecule has 1 saturated heterocycles. The number of alkyl halides is 3. The smallest absolute Gasteiger partial charge is 0.416 e. The van der Waals surface area contributed by atoms with E-state index >= 15 is 0 Å². The van der Waals surface area contributed by atoms with Crippen molar-refractivity contribution < 1.29 is 32.2 Å². The molecule has 0 atom stereocenters. The van der Waals surface area contributed by atoms with E-state index in [-0.39, 0.29) is 16.8 Å². The fourth-order valence-corrected chi connectivity index (χ4v) is 2.80. The van der Waals surface area contributed by atoms with Gasteiger partial charge in [0.1, 0.15) is 5.82 Å². The lowest BCUT2D eigenvalue weighted by Gasteiger charge is -2.27. The summed E-state index contributed by atoms with van der Waals surface area (Å²) in [7, 11) is 1.06. The van der Waals surface area contributed by atoms with E-state index in [1.165, 1.54) is 12.3 Å². The van der Waals surface area contributed by atoms with Crippen LogP contribution >= 0.6 is 0 Å². The van der Waals surface area contributed by atoms with Crippen molar-refractivity contribution in [3.63, 3.8) is 0 Å². The molecule has 1 fully saturated rings. The van der Waals surface area contributed by atoms with Crippen molar-refractivity contribution in [3.8, 4) is 0 Å². The number of aromatic nitrogens is 1. The maximum atomic E-state index is 13.1. The Hall–Kier alpha value is -3.14. The van der Waals surface area contributed by atoms with Crippen LogP contribution in [-0.2, 0) is 15.7 Å². The van der Waals surface area contributed by atoms with Crippen molar-refractivity contribution in [1.29, 1.82) is 0 Å². The molecule has 1 aliphatic heterocycles. The highest BCUT2D eigenvalue weighted by molar-refractivity contribution is 6.04. The highest BCUT2D eigenvalue weighted by Gasteiger charge is 2.32. The van der Waals surface area contributed by atoms with Crippen LogP contribution in [0.4, 0.5) is 24.7 Å². The maximum absolute atomic E-state index is 13.1. The van der Waals surface area contributed by atoms with Gasteiger partial charge in [0, 0.05) is 25.0 Å². The minimum atomic E-state index is -4.69. The minimum absolute atomic E-state index is 0.166. The number of nitrogens with one attached hydrogen (secondary N) is 1. The van der Waals surface area contributed by atoms with Crippen molar-refractivity contribution in [2.45, 2.75) is 6.18 Å². The third-order valence-electron chi connectivity index (χ3n) is 4.28. The maximum Gasteiger partial charge on any atom is 0.416 e. The van der Waals surface area contributed by atoms with Gasteiger partial charge in [0.2, 0.25) is 0 Å². The lowest BCUT2D eigenvalue weighted by molar-refractivity contribution is -0.137. The van der Waals surface area contributed by atoms with E-state index in [1.54, 1.807) is 6.07 Å². The summed E-state index contributed by atoms with van der Waals surface area (Å²) < 4.78 is 49.1. The van der Waals surface area contributed by atoms with Crippen LogP contribution in [0.15, 0.2) is 36.5 Å². The number of esters is 1. The number of methoxy groups -OCH3 is 1. The number of ether oxygens (including phenoxy) is 2. The number of nitrogens with zero attached hydrogens (tertiary/aromatic N) is 2. The van der Waals surface area contributed by atoms with Crippen LogP contribution in [0.5, 0.6) is 0 Å². The van der Waals surface area contributed by atoms with Gasteiger partial charge in [-0.3, -0.25) is 4.79 Å². The Bertz CT molecular complexity index is 895. The van der Waals surface area contributed by atoms with E-state index in [2.05, 4.69) is 15.0 Å². The van der Waals surface area contributed by atoms with Crippen LogP contribution in [0.3, 0.4) is 0 Å². The molecule has 3 rings (SSSR count). The fraction of sp³-hybridized carbons (Fsp3) is 0.316. The van der Waals surface area contributed by atoms with Gasteiger partial charge in [-0.15, -0.1) is 0 Å². The zero-order chi connectivity index (χ0) is 21.0. The number of carbonyl (C=O) groups excluding carboxylic acids is 2. The van der Waals surface area contributed by atoms with Gasteiger partial charge < -0.3 is 19.7 Å². The number of amides is 1. The normalized spacial score (nSPS) is 14.4. The second kappa shape index (κ2) is 8.48. The number of hydrogen-bond acceptors (Lipinski definition) is 6. The molecule has 1 aromatic carbocycles. The summed E-state index contributed by atoms with van der Waals surface area (Å²) in [6, 6.07) is 5.72. The predicted octanol–water partition coefficient (Wildman–Crippen LogP) is 2.98. The zero-order valence-electron chi connectivity index (χ0n) is 15.5. The van der Waals surface area contributed by atoms with E-state index in [4.69, 9.17) is 4.74 Å². The first-order chi connectivity index (χ1) is 13.8. The van der Waals surface area contributed by atoms with Crippen molar-refractivity contribution in [1.82, 2.24) is 4.98 Å². The topological polar surface area (TPSA) is 80.8 Å². The molecule has 0 spiro atoms. The van der Waals surface area contributed by atoms with Gasteiger partial charge >= 0.3 is 12.1 Å². The Kier molecular flexibility index (Phi) is 6.02. The number of hydrogen-bond donors (Lipinski definition) is 1. The van der Waals surface area contributed by atoms with Crippen LogP contribution in [0.2, 0.25) is 0 Å². The van der Waals surface area contributed by atoms with Crippen molar-refractivity contribution >= 4 is 23.4 Å². The Labute approximate surface area is 164 Å². The lowest BCUT2D eigenvalue weighted by atomic mass is 10.1. The molecule has 1 N–H and O–H groups in total. The molecule has 7 nitrogen and oxygen atoms in total. The molecular weight excluding hydrogens is 391 g/mol. The molecule has 29 heavy (non-hydrogen) atoms. The van der Waals surface area contributed by atoms with Crippen molar-refractivity contribution in [2.24, 2.45) is 0 Å². The summed E-state index contributed by atoms with van der Waals surface area (Å²) in [6.07, 6.45) is -3.35. The van der Waals surface area contributed by atoms with Gasteiger partial charge in [-0.25, -0.2) is 9.78 Å². The largest absolute Gasteiger partial charge is 0.465 e. The number of benzene rings is 1. The third-order valence-corrected chi connectivity index (χ3v) is 4.28. The highest BCUT2D eigenvalue weighted by Crippen LogP contribution is 2.32.